The van der Waals surface area contributed by atoms with Crippen molar-refractivity contribution >= 4 is 24.2 Å². The van der Waals surface area contributed by atoms with Crippen molar-refractivity contribution in [3.05, 3.63) is 40.5 Å². The Morgan fingerprint density at radius 3 is 0.479 bits per heavy atom. The summed E-state index contributed by atoms with van der Waals surface area (Å²) in [5.74, 6) is -0.921. The number of aliphatic carboxylic acids is 1. The van der Waals surface area contributed by atoms with Gasteiger partial charge in [-0.05, 0) is 115 Å². The molecule has 0 aromatic rings. The molecule has 0 N–H and O–H groups in total. The predicted molar refractivity (Wildman–Crippen MR) is 521 cm³/mol. The van der Waals surface area contributed by atoms with Crippen LogP contribution >= 0.6 is 0 Å². The molecule has 0 saturated heterocycles. The van der Waals surface area contributed by atoms with Crippen LogP contribution in [0.5, 0.6) is 0 Å². The number of hydrogen-bond donors (Lipinski definition) is 0. The highest BCUT2D eigenvalue weighted by molar-refractivity contribution is 5.64. The minimum absolute atomic E-state index is 0.213. The lowest BCUT2D eigenvalue weighted by Gasteiger charge is -2.23. The summed E-state index contributed by atoms with van der Waals surface area (Å²) in [5, 5.41) is 30.5. The molecular weight excluding hydrogens is 1440 g/mol. The number of rotatable bonds is 82. The standard InChI is InChI=1S/4C21H46N.C18H32O2.3CNO/c4*1-5-6-7-8-9-10-11-12-13-14-15-16-17-18-19-20-21-22(2,3)4;1-2-3-4-5-6-7-8-9-10-11-12-13-14-15-16-17-18(19)20;3*2-1-3/h4*5-21H2,1-4H3;6-7,9-10H,2-5,8,11-17H2,1H3,(H,19,20);;;/q4*+1;;3*-1/p-1/b;;;;7-6-,10-9-;;;. The van der Waals surface area contributed by atoms with Gasteiger partial charge in [0.2, 0.25) is 0 Å². The monoisotopic (exact) mass is 1650 g/mol. The van der Waals surface area contributed by atoms with E-state index in [1.54, 1.807) is 0 Å². The predicted octanol–water partition coefficient (Wildman–Crippen LogP) is 32.0. The summed E-state index contributed by atoms with van der Waals surface area (Å²) in [4.78, 5) is 34.9. The molecule has 0 aliphatic heterocycles. The number of unbranched alkanes of at least 4 members (excludes halogenated alkanes) is 68. The van der Waals surface area contributed by atoms with Crippen molar-refractivity contribution in [2.45, 2.75) is 523 Å². The van der Waals surface area contributed by atoms with Crippen molar-refractivity contribution in [1.29, 1.82) is 0 Å². The fraction of sp³-hybridized carbons (Fsp3) is 0.924. The van der Waals surface area contributed by atoms with E-state index in [1.165, 1.54) is 476 Å². The number of isocyanates is 3. The van der Waals surface area contributed by atoms with Gasteiger partial charge in [-0.1, -0.05) is 451 Å². The maximum absolute atomic E-state index is 10.2. The number of carbonyl (C=O) groups excluding carboxylic acids is 4. The molecule has 12 heteroatoms. The van der Waals surface area contributed by atoms with Crippen molar-refractivity contribution in [1.82, 2.24) is 0 Å². The molecule has 0 heterocycles. The Labute approximate surface area is 736 Å². The van der Waals surface area contributed by atoms with Gasteiger partial charge in [0.05, 0.1) is 111 Å². The Morgan fingerprint density at radius 1 is 0.214 bits per heavy atom. The highest BCUT2D eigenvalue weighted by Crippen LogP contribution is 2.20. The van der Waals surface area contributed by atoms with E-state index in [0.29, 0.717) is 18.2 Å². The van der Waals surface area contributed by atoms with E-state index in [4.69, 9.17) is 30.6 Å². The summed E-state index contributed by atoms with van der Waals surface area (Å²) in [6.07, 6.45) is 117. The first-order valence-corrected chi connectivity index (χ1v) is 51.0. The van der Waals surface area contributed by atoms with Gasteiger partial charge in [-0.25, -0.2) is 0 Å². The average molecular weight is 1660 g/mol. The van der Waals surface area contributed by atoms with Gasteiger partial charge in [-0.15, -0.1) is 0 Å². The topological polar surface area (TPSA) is 158 Å². The Bertz CT molecular complexity index is 1740. The lowest BCUT2D eigenvalue weighted by atomic mass is 10.0. The summed E-state index contributed by atoms with van der Waals surface area (Å²) in [7, 11) is 27.6. The first-order chi connectivity index (χ1) is 56.3. The quantitative estimate of drug-likeness (QED) is 0.0195. The van der Waals surface area contributed by atoms with Crippen molar-refractivity contribution in [2.75, 3.05) is 111 Å². The van der Waals surface area contributed by atoms with Crippen LogP contribution in [-0.4, -0.2) is 153 Å². The van der Waals surface area contributed by atoms with Gasteiger partial charge in [0.1, 0.15) is 0 Å². The van der Waals surface area contributed by atoms with Crippen molar-refractivity contribution < 1.29 is 42.2 Å². The van der Waals surface area contributed by atoms with Crippen molar-refractivity contribution in [3.63, 3.8) is 0 Å². The van der Waals surface area contributed by atoms with Gasteiger partial charge < -0.3 is 44.1 Å². The van der Waals surface area contributed by atoms with Crippen LogP contribution in [-0.2, 0) is 19.2 Å². The molecule has 0 spiro atoms. The van der Waals surface area contributed by atoms with E-state index in [1.807, 2.05) is 0 Å². The number of quaternary nitrogens is 4. The Morgan fingerprint density at radius 2 is 0.333 bits per heavy atom. The van der Waals surface area contributed by atoms with Crippen molar-refractivity contribution in [3.8, 4) is 0 Å². The first-order valence-electron chi connectivity index (χ1n) is 51.0. The first kappa shape index (κ1) is 129. The number of carbonyl (C=O) groups is 1. The van der Waals surface area contributed by atoms with E-state index in [-0.39, 0.29) is 6.42 Å². The van der Waals surface area contributed by atoms with Crippen molar-refractivity contribution in [2.24, 2.45) is 0 Å². The highest BCUT2D eigenvalue weighted by Gasteiger charge is 2.09. The smallest absolute Gasteiger partial charge is 0.0780 e. The van der Waals surface area contributed by atoms with E-state index in [9.17, 15) is 9.90 Å². The highest BCUT2D eigenvalue weighted by atomic mass is 16.4. The van der Waals surface area contributed by atoms with Crippen LogP contribution in [0.2, 0.25) is 0 Å². The van der Waals surface area contributed by atoms with E-state index in [2.05, 4.69) is 143 Å². The maximum atomic E-state index is 10.2. The lowest BCUT2D eigenvalue weighted by Crippen LogP contribution is -2.35. The third-order valence-electron chi connectivity index (χ3n) is 22.1. The van der Waals surface area contributed by atoms with Gasteiger partial charge in [0.25, 0.3) is 0 Å². The van der Waals surface area contributed by atoms with Crippen LogP contribution in [0.25, 0.3) is 16.2 Å². The molecule has 117 heavy (non-hydrogen) atoms. The summed E-state index contributed by atoms with van der Waals surface area (Å²) < 4.78 is 4.49. The Kier molecular flexibility index (Phi) is 127. The van der Waals surface area contributed by atoms with Crippen LogP contribution in [0.3, 0.4) is 0 Å². The largest absolute Gasteiger partial charge is 0.724 e. The molecule has 0 saturated carbocycles. The zero-order valence-corrected chi connectivity index (χ0v) is 83.0. The van der Waals surface area contributed by atoms with Crippen LogP contribution in [0, 0.1) is 0 Å². The van der Waals surface area contributed by atoms with Crippen LogP contribution < -0.4 is 5.11 Å². The van der Waals surface area contributed by atoms with Gasteiger partial charge in [-0.3, -0.25) is 14.4 Å². The molecule has 0 radical (unpaired) electrons. The molecule has 0 rings (SSSR count). The second kappa shape index (κ2) is 115. The number of carboxylic acids is 1. The molecule has 0 amide bonds. The molecule has 0 unspecified atom stereocenters. The molecular formula is C105H215N7O5. The van der Waals surface area contributed by atoms with E-state index >= 15 is 0 Å². The maximum Gasteiger partial charge on any atom is 0.0780 e. The van der Waals surface area contributed by atoms with Crippen LogP contribution in [0.15, 0.2) is 24.3 Å². The average Bonchev–Trinajstić information content (AvgIpc) is 1.01. The number of nitrogens with zero attached hydrogens (tertiary/aromatic N) is 7. The van der Waals surface area contributed by atoms with Gasteiger partial charge in [-0.2, -0.15) is 0 Å². The second-order valence-corrected chi connectivity index (χ2v) is 38.9. The third kappa shape index (κ3) is 172. The number of carboxylic acid groups (broad SMARTS) is 1. The normalized spacial score (nSPS) is 11.2. The second-order valence-electron chi connectivity index (χ2n) is 38.9. The van der Waals surface area contributed by atoms with E-state index < -0.39 is 5.97 Å². The summed E-state index contributed by atoms with van der Waals surface area (Å²) in [6, 6.07) is 0. The summed E-state index contributed by atoms with van der Waals surface area (Å²) >= 11 is 0. The molecule has 0 aliphatic rings. The third-order valence-corrected chi connectivity index (χ3v) is 22.1. The van der Waals surface area contributed by atoms with E-state index in [0.717, 1.165) is 50.0 Å². The Balaban J connectivity index is -0.000000206. The molecule has 0 aromatic carbocycles. The number of hydrogen-bond acceptors (Lipinski definition) is 5. The number of allylic oxidation sites excluding steroid dienone is 4. The van der Waals surface area contributed by atoms with Gasteiger partial charge in [0, 0.05) is 5.97 Å². The lowest BCUT2D eigenvalue weighted by molar-refractivity contribution is -0.870. The van der Waals surface area contributed by atoms with Crippen LogP contribution in [0.1, 0.15) is 523 Å². The molecule has 0 atom stereocenters. The summed E-state index contributed by atoms with van der Waals surface area (Å²) in [6.45, 7) is 16.7. The summed E-state index contributed by atoms with van der Waals surface area (Å²) in [5.41, 5.74) is 0. The van der Waals surface area contributed by atoms with Crippen LogP contribution in [0.4, 0.5) is 0 Å². The zero-order chi connectivity index (χ0) is 89.1. The molecule has 12 nitrogen and oxygen atoms in total. The molecule has 0 fully saturated rings. The zero-order valence-electron chi connectivity index (χ0n) is 83.0. The molecule has 0 aromatic heterocycles. The molecule has 0 aliphatic carbocycles. The Hall–Kier alpha value is -3.07. The minimum Gasteiger partial charge on any atom is -0.724 e. The minimum atomic E-state index is -0.921. The molecule has 0 bridgehead atoms. The SMILES string of the molecule is CCCCC/C=C\C/C=C\CCCCCCCC(=O)[O-].CCCCCCCCCCCCCCCCCC[N+](C)(C)C.CCCCCCCCCCCCCCCCCC[N+](C)(C)C.CCCCCCCCCCCCCCCCCC[N+](C)(C)C.CCCCCCCCCCCCCCCCCC[N+](C)(C)C.[N-]=C=O.[N-]=C=O.[N-]=C=O. The molecule has 700 valence electrons. The van der Waals surface area contributed by atoms with Gasteiger partial charge >= 0.3 is 0 Å². The fourth-order valence-corrected chi connectivity index (χ4v) is 14.6. The fourth-order valence-electron chi connectivity index (χ4n) is 14.6. The van der Waals surface area contributed by atoms with Gasteiger partial charge in [0.15, 0.2) is 0 Å².